The van der Waals surface area contributed by atoms with Crippen molar-refractivity contribution in [2.45, 2.75) is 40.0 Å². The van der Waals surface area contributed by atoms with Crippen LogP contribution in [-0.4, -0.2) is 24.2 Å². The van der Waals surface area contributed by atoms with E-state index in [1.165, 1.54) is 6.42 Å². The van der Waals surface area contributed by atoms with Gasteiger partial charge in [0.1, 0.15) is 0 Å². The van der Waals surface area contributed by atoms with Gasteiger partial charge in [0.05, 0.1) is 6.61 Å². The number of aliphatic hydroxyl groups excluding tert-OH is 1. The smallest absolute Gasteiger partial charge is 0.223 e. The van der Waals surface area contributed by atoms with Gasteiger partial charge in [0.15, 0.2) is 0 Å². The minimum Gasteiger partial charge on any atom is -0.395 e. The predicted octanol–water partition coefficient (Wildman–Crippen LogP) is 1.80. The largest absolute Gasteiger partial charge is 0.395 e. The van der Waals surface area contributed by atoms with Gasteiger partial charge < -0.3 is 10.4 Å². The van der Waals surface area contributed by atoms with Crippen LogP contribution in [0, 0.1) is 23.7 Å². The first-order valence-corrected chi connectivity index (χ1v) is 6.44. The van der Waals surface area contributed by atoms with Gasteiger partial charge in [-0.25, -0.2) is 0 Å². The van der Waals surface area contributed by atoms with Crippen molar-refractivity contribution in [2.24, 2.45) is 23.7 Å². The fourth-order valence-corrected chi connectivity index (χ4v) is 2.81. The number of rotatable bonds is 4. The Hall–Kier alpha value is -0.570. The molecule has 3 heteroatoms. The van der Waals surface area contributed by atoms with Crippen molar-refractivity contribution in [1.82, 2.24) is 5.32 Å². The Morgan fingerprint density at radius 2 is 2.12 bits per heavy atom. The lowest BCUT2D eigenvalue weighted by molar-refractivity contribution is -0.129. The van der Waals surface area contributed by atoms with Gasteiger partial charge >= 0.3 is 0 Å². The van der Waals surface area contributed by atoms with Crippen LogP contribution in [0.15, 0.2) is 0 Å². The topological polar surface area (TPSA) is 49.3 Å². The lowest BCUT2D eigenvalue weighted by Gasteiger charge is -2.36. The zero-order valence-corrected chi connectivity index (χ0v) is 10.7. The maximum atomic E-state index is 12.0. The van der Waals surface area contributed by atoms with Crippen LogP contribution in [0.5, 0.6) is 0 Å². The van der Waals surface area contributed by atoms with Gasteiger partial charge in [-0.3, -0.25) is 4.79 Å². The summed E-state index contributed by atoms with van der Waals surface area (Å²) in [7, 11) is 0. The van der Waals surface area contributed by atoms with E-state index < -0.39 is 0 Å². The quantitative estimate of drug-likeness (QED) is 0.769. The second-order valence-electron chi connectivity index (χ2n) is 5.45. The molecule has 1 aliphatic carbocycles. The fourth-order valence-electron chi connectivity index (χ4n) is 2.81. The molecule has 94 valence electrons. The van der Waals surface area contributed by atoms with E-state index in [4.69, 9.17) is 5.11 Å². The lowest BCUT2D eigenvalue weighted by atomic mass is 9.70. The molecule has 1 rings (SSSR count). The van der Waals surface area contributed by atoms with Crippen LogP contribution in [0.1, 0.15) is 40.0 Å². The van der Waals surface area contributed by atoms with E-state index in [1.807, 2.05) is 0 Å². The molecule has 3 atom stereocenters. The van der Waals surface area contributed by atoms with E-state index in [2.05, 4.69) is 26.1 Å². The van der Waals surface area contributed by atoms with Gasteiger partial charge in [0.25, 0.3) is 0 Å². The summed E-state index contributed by atoms with van der Waals surface area (Å²) in [5.74, 6) is 2.02. The SMILES string of the molecule is CC1CC[C@@H](C(C)C)C(C(=O)NCCO)C1. The third-order valence-electron chi connectivity index (χ3n) is 3.77. The molecule has 0 bridgehead atoms. The monoisotopic (exact) mass is 227 g/mol. The standard InChI is InChI=1S/C13H25NO2/c1-9(2)11-5-4-10(3)8-12(11)13(16)14-6-7-15/h9-12,15H,4-8H2,1-3H3,(H,14,16)/t10?,11-,12?/m0/s1. The highest BCUT2D eigenvalue weighted by Gasteiger charge is 2.34. The minimum absolute atomic E-state index is 0.0281. The molecule has 0 aliphatic heterocycles. The predicted molar refractivity (Wildman–Crippen MR) is 64.9 cm³/mol. The molecule has 1 aliphatic rings. The molecule has 0 heterocycles. The number of nitrogens with one attached hydrogen (secondary N) is 1. The summed E-state index contributed by atoms with van der Waals surface area (Å²) in [6, 6.07) is 0. The van der Waals surface area contributed by atoms with Gasteiger partial charge in [-0.1, -0.05) is 27.2 Å². The molecule has 2 N–H and O–H groups in total. The second kappa shape index (κ2) is 6.24. The van der Waals surface area contributed by atoms with Gasteiger partial charge in [-0.05, 0) is 30.6 Å². The average molecular weight is 227 g/mol. The Morgan fingerprint density at radius 1 is 1.44 bits per heavy atom. The molecule has 3 nitrogen and oxygen atoms in total. The molecular formula is C13H25NO2. The summed E-state index contributed by atoms with van der Waals surface area (Å²) in [4.78, 5) is 12.0. The molecule has 16 heavy (non-hydrogen) atoms. The summed E-state index contributed by atoms with van der Waals surface area (Å²) in [5.41, 5.74) is 0. The van der Waals surface area contributed by atoms with Crippen molar-refractivity contribution in [2.75, 3.05) is 13.2 Å². The summed E-state index contributed by atoms with van der Waals surface area (Å²) in [5, 5.41) is 11.5. The molecule has 0 aromatic heterocycles. The van der Waals surface area contributed by atoms with E-state index in [-0.39, 0.29) is 18.4 Å². The highest BCUT2D eigenvalue weighted by atomic mass is 16.3. The molecule has 1 amide bonds. The first kappa shape index (κ1) is 13.5. The molecule has 0 aromatic carbocycles. The Kier molecular flexibility index (Phi) is 5.26. The van der Waals surface area contributed by atoms with Gasteiger partial charge in [0.2, 0.25) is 5.91 Å². The summed E-state index contributed by atoms with van der Waals surface area (Å²) in [6.45, 7) is 7.04. The number of amides is 1. The Bertz CT molecular complexity index is 228. The maximum absolute atomic E-state index is 12.0. The van der Waals surface area contributed by atoms with Crippen LogP contribution in [0.25, 0.3) is 0 Å². The van der Waals surface area contributed by atoms with Crippen molar-refractivity contribution in [3.05, 3.63) is 0 Å². The molecule has 0 spiro atoms. The van der Waals surface area contributed by atoms with Crippen LogP contribution in [0.2, 0.25) is 0 Å². The maximum Gasteiger partial charge on any atom is 0.223 e. The third kappa shape index (κ3) is 3.48. The van der Waals surface area contributed by atoms with Crippen LogP contribution in [-0.2, 0) is 4.79 Å². The highest BCUT2D eigenvalue weighted by molar-refractivity contribution is 5.79. The van der Waals surface area contributed by atoms with E-state index in [1.54, 1.807) is 0 Å². The van der Waals surface area contributed by atoms with Crippen molar-refractivity contribution in [3.8, 4) is 0 Å². The van der Waals surface area contributed by atoms with E-state index in [0.29, 0.717) is 24.3 Å². The third-order valence-corrected chi connectivity index (χ3v) is 3.77. The van der Waals surface area contributed by atoms with Crippen LogP contribution in [0.3, 0.4) is 0 Å². The Balaban J connectivity index is 2.59. The second-order valence-corrected chi connectivity index (χ2v) is 5.45. The summed E-state index contributed by atoms with van der Waals surface area (Å²) >= 11 is 0. The van der Waals surface area contributed by atoms with E-state index in [9.17, 15) is 4.79 Å². The zero-order valence-electron chi connectivity index (χ0n) is 10.7. The minimum atomic E-state index is 0.0281. The number of hydrogen-bond donors (Lipinski definition) is 2. The molecule has 2 unspecified atom stereocenters. The first-order valence-electron chi connectivity index (χ1n) is 6.44. The van der Waals surface area contributed by atoms with Gasteiger partial charge in [0, 0.05) is 12.5 Å². The van der Waals surface area contributed by atoms with Crippen LogP contribution < -0.4 is 5.32 Å². The molecule has 0 saturated heterocycles. The van der Waals surface area contributed by atoms with Gasteiger partial charge in [-0.15, -0.1) is 0 Å². The molecular weight excluding hydrogens is 202 g/mol. The average Bonchev–Trinajstić information content (AvgIpc) is 2.25. The Labute approximate surface area is 98.6 Å². The molecule has 0 aromatic rings. The van der Waals surface area contributed by atoms with Crippen molar-refractivity contribution < 1.29 is 9.90 Å². The fraction of sp³-hybridized carbons (Fsp3) is 0.923. The van der Waals surface area contributed by atoms with Crippen LogP contribution >= 0.6 is 0 Å². The molecule has 0 radical (unpaired) electrons. The molecule has 1 saturated carbocycles. The Morgan fingerprint density at radius 3 is 2.69 bits per heavy atom. The number of carbonyl (C=O) groups excluding carboxylic acids is 1. The number of aliphatic hydroxyl groups is 1. The molecule has 1 fully saturated rings. The van der Waals surface area contributed by atoms with Gasteiger partial charge in [-0.2, -0.15) is 0 Å². The van der Waals surface area contributed by atoms with E-state index >= 15 is 0 Å². The van der Waals surface area contributed by atoms with Crippen LogP contribution in [0.4, 0.5) is 0 Å². The van der Waals surface area contributed by atoms with Crippen molar-refractivity contribution >= 4 is 5.91 Å². The first-order chi connectivity index (χ1) is 7.56. The zero-order chi connectivity index (χ0) is 12.1. The summed E-state index contributed by atoms with van der Waals surface area (Å²) in [6.07, 6.45) is 3.41. The van der Waals surface area contributed by atoms with Crippen molar-refractivity contribution in [1.29, 1.82) is 0 Å². The summed E-state index contributed by atoms with van der Waals surface area (Å²) < 4.78 is 0. The van der Waals surface area contributed by atoms with E-state index in [0.717, 1.165) is 12.8 Å². The number of carbonyl (C=O) groups is 1. The normalized spacial score (nSPS) is 30.4. The number of hydrogen-bond acceptors (Lipinski definition) is 2. The lowest BCUT2D eigenvalue weighted by Crippen LogP contribution is -2.41. The van der Waals surface area contributed by atoms with Crippen molar-refractivity contribution in [3.63, 3.8) is 0 Å². The highest BCUT2D eigenvalue weighted by Crippen LogP contribution is 2.37.